The van der Waals surface area contributed by atoms with Gasteiger partial charge in [0.1, 0.15) is 29.5 Å². The van der Waals surface area contributed by atoms with Crippen molar-refractivity contribution in [3.8, 4) is 11.8 Å². The van der Waals surface area contributed by atoms with Gasteiger partial charge in [-0.3, -0.25) is 9.36 Å². The Labute approximate surface area is 188 Å². The van der Waals surface area contributed by atoms with Crippen LogP contribution in [-0.2, 0) is 0 Å². The molecule has 1 atom stereocenters. The van der Waals surface area contributed by atoms with Gasteiger partial charge in [-0.1, -0.05) is 36.4 Å². The van der Waals surface area contributed by atoms with Crippen LogP contribution in [0.5, 0.6) is 0 Å². The average Bonchev–Trinajstić information content (AvgIpc) is 3.36. The van der Waals surface area contributed by atoms with E-state index in [1.165, 1.54) is 6.33 Å². The lowest BCUT2D eigenvalue weighted by Gasteiger charge is -2.28. The molecule has 0 N–H and O–H groups in total. The molecule has 4 heterocycles. The van der Waals surface area contributed by atoms with Gasteiger partial charge in [0, 0.05) is 12.7 Å². The van der Waals surface area contributed by atoms with Gasteiger partial charge in [-0.05, 0) is 42.7 Å². The second kappa shape index (κ2) is 7.62. The molecule has 1 aliphatic heterocycles. The number of halogens is 1. The molecule has 0 bridgehead atoms. The predicted molar refractivity (Wildman–Crippen MR) is 121 cm³/mol. The van der Waals surface area contributed by atoms with Crippen LogP contribution < -0.4 is 10.5 Å². The smallest absolute Gasteiger partial charge is 0.282 e. The van der Waals surface area contributed by atoms with Gasteiger partial charge in [0.05, 0.1) is 5.69 Å². The Bertz CT molecular complexity index is 1470. The number of hydrogen-bond donors (Lipinski definition) is 0. The summed E-state index contributed by atoms with van der Waals surface area (Å²) in [5.74, 6) is 0.888. The molecule has 5 rings (SSSR count). The lowest BCUT2D eigenvalue weighted by Crippen LogP contribution is -2.34. The number of rotatable bonds is 3. The summed E-state index contributed by atoms with van der Waals surface area (Å²) in [5, 5.41) is 14.6. The van der Waals surface area contributed by atoms with Crippen LogP contribution in [0.4, 0.5) is 5.82 Å². The van der Waals surface area contributed by atoms with Crippen molar-refractivity contribution in [3.05, 3.63) is 93.5 Å². The zero-order chi connectivity index (χ0) is 22.4. The number of nitrogens with zero attached hydrogens (tertiary/aromatic N) is 7. The molecule has 8 nitrogen and oxygen atoms in total. The third-order valence-corrected chi connectivity index (χ3v) is 6.00. The molecular formula is C23H18ClN7O. The Morgan fingerprint density at radius 3 is 2.75 bits per heavy atom. The Kier molecular flexibility index (Phi) is 4.76. The summed E-state index contributed by atoms with van der Waals surface area (Å²) in [6.07, 6.45) is 3.76. The number of benzene rings is 1. The topological polar surface area (TPSA) is 92.1 Å². The molecule has 0 aliphatic carbocycles. The summed E-state index contributed by atoms with van der Waals surface area (Å²) in [4.78, 5) is 23.9. The highest BCUT2D eigenvalue weighted by Gasteiger charge is 2.36. The molecule has 9 heteroatoms. The van der Waals surface area contributed by atoms with E-state index in [2.05, 4.69) is 22.6 Å². The number of fused-ring (bicyclic) bond motifs is 1. The van der Waals surface area contributed by atoms with E-state index in [1.54, 1.807) is 15.3 Å². The second-order valence-corrected chi connectivity index (χ2v) is 7.96. The van der Waals surface area contributed by atoms with Crippen molar-refractivity contribution in [2.75, 3.05) is 11.4 Å². The third-order valence-electron chi connectivity index (χ3n) is 5.71. The molecule has 158 valence electrons. The lowest BCUT2D eigenvalue weighted by atomic mass is 10.1. The fraction of sp³-hybridized carbons (Fsp3) is 0.174. The van der Waals surface area contributed by atoms with Gasteiger partial charge in [-0.15, -0.1) is 0 Å². The van der Waals surface area contributed by atoms with Crippen LogP contribution in [0.25, 0.3) is 11.2 Å². The van der Waals surface area contributed by atoms with E-state index in [-0.39, 0.29) is 16.3 Å². The van der Waals surface area contributed by atoms with Gasteiger partial charge < -0.3 is 4.90 Å². The van der Waals surface area contributed by atoms with Gasteiger partial charge in [-0.25, -0.2) is 14.5 Å². The van der Waals surface area contributed by atoms with Crippen molar-refractivity contribution in [2.45, 2.75) is 19.4 Å². The van der Waals surface area contributed by atoms with Crippen LogP contribution in [0.3, 0.4) is 0 Å². The maximum Gasteiger partial charge on any atom is 0.282 e. The van der Waals surface area contributed by atoms with Crippen molar-refractivity contribution in [2.24, 2.45) is 0 Å². The molecule has 1 aromatic carbocycles. The largest absolute Gasteiger partial charge is 0.341 e. The lowest BCUT2D eigenvalue weighted by molar-refractivity contribution is 0.652. The summed E-state index contributed by atoms with van der Waals surface area (Å²) in [6.45, 7) is 6.69. The molecule has 0 radical (unpaired) electrons. The minimum Gasteiger partial charge on any atom is -0.341 e. The number of anilines is 1. The molecule has 1 saturated heterocycles. The van der Waals surface area contributed by atoms with Crippen LogP contribution in [0.1, 0.15) is 29.4 Å². The fourth-order valence-corrected chi connectivity index (χ4v) is 4.38. The molecule has 0 unspecified atom stereocenters. The molecule has 1 fully saturated rings. The summed E-state index contributed by atoms with van der Waals surface area (Å²) in [5.41, 5.74) is 2.92. The van der Waals surface area contributed by atoms with Crippen LogP contribution in [0.2, 0.25) is 5.15 Å². The van der Waals surface area contributed by atoms with Gasteiger partial charge >= 0.3 is 0 Å². The minimum absolute atomic E-state index is 0.0821. The Morgan fingerprint density at radius 2 is 2.00 bits per heavy atom. The van der Waals surface area contributed by atoms with E-state index in [0.717, 1.165) is 11.1 Å². The van der Waals surface area contributed by atoms with Crippen molar-refractivity contribution in [3.63, 3.8) is 0 Å². The zero-order valence-corrected chi connectivity index (χ0v) is 18.0. The summed E-state index contributed by atoms with van der Waals surface area (Å²) >= 11 is 6.17. The van der Waals surface area contributed by atoms with E-state index in [9.17, 15) is 10.1 Å². The first-order chi connectivity index (χ1) is 15.5. The van der Waals surface area contributed by atoms with Gasteiger partial charge in [0.25, 0.3) is 5.56 Å². The number of hydrogen-bond acceptors (Lipinski definition) is 6. The predicted octanol–water partition coefficient (Wildman–Crippen LogP) is 3.62. The van der Waals surface area contributed by atoms with Crippen LogP contribution >= 0.6 is 11.6 Å². The molecular weight excluding hydrogens is 426 g/mol. The van der Waals surface area contributed by atoms with E-state index in [0.29, 0.717) is 35.8 Å². The van der Waals surface area contributed by atoms with Crippen LogP contribution in [0.15, 0.2) is 65.9 Å². The Balaban J connectivity index is 1.80. The van der Waals surface area contributed by atoms with E-state index in [4.69, 9.17) is 16.7 Å². The highest BCUT2D eigenvalue weighted by molar-refractivity contribution is 6.30. The number of aryl methyl sites for hydroxylation is 1. The van der Waals surface area contributed by atoms with Crippen LogP contribution in [0, 0.1) is 18.3 Å². The molecule has 32 heavy (non-hydrogen) atoms. The Hall–Kier alpha value is -3.96. The van der Waals surface area contributed by atoms with Crippen molar-refractivity contribution < 1.29 is 0 Å². The highest BCUT2D eigenvalue weighted by atomic mass is 35.5. The van der Waals surface area contributed by atoms with E-state index in [1.807, 2.05) is 48.2 Å². The Morgan fingerprint density at radius 1 is 1.22 bits per heavy atom. The van der Waals surface area contributed by atoms with E-state index >= 15 is 0 Å². The quantitative estimate of drug-likeness (QED) is 0.354. The molecule has 3 aromatic heterocycles. The summed E-state index contributed by atoms with van der Waals surface area (Å²) < 4.78 is 3.22. The maximum absolute atomic E-state index is 13.7. The average molecular weight is 444 g/mol. The van der Waals surface area contributed by atoms with Crippen LogP contribution in [-0.4, -0.2) is 30.7 Å². The van der Waals surface area contributed by atoms with Crippen molar-refractivity contribution >= 4 is 22.9 Å². The highest BCUT2D eigenvalue weighted by Crippen LogP contribution is 2.40. The van der Waals surface area contributed by atoms with Gasteiger partial charge in [0.15, 0.2) is 16.8 Å². The first-order valence-corrected chi connectivity index (χ1v) is 10.4. The van der Waals surface area contributed by atoms with Crippen molar-refractivity contribution in [1.82, 2.24) is 24.1 Å². The number of nitriles is 1. The van der Waals surface area contributed by atoms with E-state index < -0.39 is 6.04 Å². The second-order valence-electron chi connectivity index (χ2n) is 7.61. The molecule has 0 saturated carbocycles. The van der Waals surface area contributed by atoms with Gasteiger partial charge in [-0.2, -0.15) is 10.4 Å². The summed E-state index contributed by atoms with van der Waals surface area (Å²) in [7, 11) is 0. The first kappa shape index (κ1) is 20.0. The molecule has 4 aromatic rings. The number of para-hydroxylation sites is 1. The molecule has 0 spiro atoms. The number of aromatic nitrogens is 5. The normalized spacial score (nSPS) is 16.0. The fourth-order valence-electron chi connectivity index (χ4n) is 4.21. The third kappa shape index (κ3) is 2.98. The monoisotopic (exact) mass is 443 g/mol. The SMILES string of the molecule is C=C1CCN(c2ncnc(Cl)c2C#N)[C@@H]1c1nn2ccc(C)c2c(=O)n1-c1ccccc1. The zero-order valence-electron chi connectivity index (χ0n) is 17.2. The first-order valence-electron chi connectivity index (χ1n) is 10.0. The minimum atomic E-state index is -0.479. The van der Waals surface area contributed by atoms with Gasteiger partial charge in [0.2, 0.25) is 0 Å². The standard InChI is InChI=1S/C23H18ClN7O/c1-14-8-10-29(21-17(12-25)20(24)26-13-27-21)18(14)22-28-30-11-9-15(2)19(30)23(32)31(22)16-6-4-3-5-7-16/h3-7,9,11,13,18H,1,8,10H2,2H3/t18-/m0/s1. The molecule has 1 aliphatic rings. The summed E-state index contributed by atoms with van der Waals surface area (Å²) in [6, 6.07) is 12.9. The molecule has 0 amide bonds. The maximum atomic E-state index is 13.7. The van der Waals surface area contributed by atoms with Crippen molar-refractivity contribution in [1.29, 1.82) is 5.26 Å².